The maximum absolute atomic E-state index is 13.6. The number of carbonyl (C=O) groups is 1. The zero-order valence-corrected chi connectivity index (χ0v) is 10.0. The Labute approximate surface area is 104 Å². The molecule has 1 aromatic rings. The Bertz CT molecular complexity index is 418. The Morgan fingerprint density at radius 3 is 2.78 bits per heavy atom. The highest BCUT2D eigenvalue weighted by atomic mass is 19.1. The van der Waals surface area contributed by atoms with Crippen molar-refractivity contribution in [2.24, 2.45) is 0 Å². The first-order valence-electron chi connectivity index (χ1n) is 5.73. The van der Waals surface area contributed by atoms with Gasteiger partial charge in [-0.2, -0.15) is 0 Å². The summed E-state index contributed by atoms with van der Waals surface area (Å²) in [6, 6.07) is 8.51. The molecule has 0 aliphatic carbocycles. The monoisotopic (exact) mass is 254 g/mol. The summed E-state index contributed by atoms with van der Waals surface area (Å²) in [6.07, 6.45) is -2.06. The predicted octanol–water partition coefficient (Wildman–Crippen LogP) is 1.68. The number of alkyl halides is 1. The molecule has 0 radical (unpaired) electrons. The van der Waals surface area contributed by atoms with Crippen molar-refractivity contribution < 1.29 is 23.8 Å². The average molecular weight is 254 g/mol. The molecular weight excluding hydrogens is 239 g/mol. The second-order valence-electron chi connectivity index (χ2n) is 4.56. The quantitative estimate of drug-likeness (QED) is 0.834. The fourth-order valence-corrected chi connectivity index (χ4v) is 1.84. The van der Waals surface area contributed by atoms with E-state index >= 15 is 0 Å². The van der Waals surface area contributed by atoms with Gasteiger partial charge in [0.2, 0.25) is 0 Å². The third-order valence-corrected chi connectivity index (χ3v) is 2.87. The fraction of sp³-hybridized carbons (Fsp3) is 0.462. The van der Waals surface area contributed by atoms with E-state index in [9.17, 15) is 14.3 Å². The number of aliphatic hydroxyl groups is 1. The number of esters is 1. The maximum Gasteiger partial charge on any atom is 0.338 e. The van der Waals surface area contributed by atoms with Gasteiger partial charge in [-0.05, 0) is 19.1 Å². The van der Waals surface area contributed by atoms with E-state index < -0.39 is 24.0 Å². The predicted molar refractivity (Wildman–Crippen MR) is 61.7 cm³/mol. The molecule has 1 aliphatic heterocycles. The van der Waals surface area contributed by atoms with E-state index in [2.05, 4.69) is 0 Å². The van der Waals surface area contributed by atoms with E-state index in [0.717, 1.165) is 0 Å². The number of hydrogen-bond donors (Lipinski definition) is 1. The topological polar surface area (TPSA) is 55.8 Å². The molecule has 1 N–H and O–H groups in total. The standard InChI is InChI=1S/C13H15FO4/c1-13(14)7-10(18-12(13)16)8-17-11(15)9-5-3-2-4-6-9/h2-6,10,12,16H,7-8H2,1H3. The van der Waals surface area contributed by atoms with Gasteiger partial charge in [0, 0.05) is 6.42 Å². The van der Waals surface area contributed by atoms with Crippen LogP contribution >= 0.6 is 0 Å². The van der Waals surface area contributed by atoms with Crippen molar-refractivity contribution in [3.63, 3.8) is 0 Å². The molecule has 5 heteroatoms. The number of hydrogen-bond acceptors (Lipinski definition) is 4. The summed E-state index contributed by atoms with van der Waals surface area (Å²) < 4.78 is 23.6. The number of rotatable bonds is 3. The third kappa shape index (κ3) is 2.86. The first-order valence-corrected chi connectivity index (χ1v) is 5.73. The molecule has 1 aliphatic rings. The van der Waals surface area contributed by atoms with Crippen LogP contribution in [0, 0.1) is 0 Å². The number of benzene rings is 1. The second-order valence-corrected chi connectivity index (χ2v) is 4.56. The SMILES string of the molecule is CC1(F)CC(COC(=O)c2ccccc2)OC1O. The van der Waals surface area contributed by atoms with Gasteiger partial charge in [0.05, 0.1) is 11.7 Å². The van der Waals surface area contributed by atoms with Crippen LogP contribution in [0.2, 0.25) is 0 Å². The maximum atomic E-state index is 13.6. The fourth-order valence-electron chi connectivity index (χ4n) is 1.84. The lowest BCUT2D eigenvalue weighted by atomic mass is 10.0. The summed E-state index contributed by atoms with van der Waals surface area (Å²) in [5.74, 6) is -0.485. The highest BCUT2D eigenvalue weighted by Crippen LogP contribution is 2.32. The first-order chi connectivity index (χ1) is 8.49. The zero-order chi connectivity index (χ0) is 13.2. The van der Waals surface area contributed by atoms with Gasteiger partial charge >= 0.3 is 5.97 Å². The molecule has 0 amide bonds. The van der Waals surface area contributed by atoms with Crippen molar-refractivity contribution in [3.8, 4) is 0 Å². The zero-order valence-electron chi connectivity index (χ0n) is 10.0. The molecule has 3 unspecified atom stereocenters. The molecule has 0 spiro atoms. The van der Waals surface area contributed by atoms with Crippen LogP contribution in [0.15, 0.2) is 30.3 Å². The van der Waals surface area contributed by atoms with Crippen LogP contribution in [-0.4, -0.2) is 35.7 Å². The van der Waals surface area contributed by atoms with Gasteiger partial charge in [-0.1, -0.05) is 18.2 Å². The van der Waals surface area contributed by atoms with Gasteiger partial charge in [0.1, 0.15) is 6.61 Å². The molecule has 4 nitrogen and oxygen atoms in total. The highest BCUT2D eigenvalue weighted by molar-refractivity contribution is 5.89. The molecule has 2 rings (SSSR count). The molecule has 18 heavy (non-hydrogen) atoms. The smallest absolute Gasteiger partial charge is 0.338 e. The Hall–Kier alpha value is -1.46. The summed E-state index contributed by atoms with van der Waals surface area (Å²) in [4.78, 5) is 11.6. The summed E-state index contributed by atoms with van der Waals surface area (Å²) >= 11 is 0. The molecule has 0 aromatic heterocycles. The number of halogens is 1. The summed E-state index contributed by atoms with van der Waals surface area (Å²) in [6.45, 7) is 1.20. The van der Waals surface area contributed by atoms with Gasteiger partial charge in [0.15, 0.2) is 12.0 Å². The van der Waals surface area contributed by atoms with Crippen LogP contribution in [0.25, 0.3) is 0 Å². The summed E-state index contributed by atoms with van der Waals surface area (Å²) in [7, 11) is 0. The normalized spacial score (nSPS) is 31.3. The lowest BCUT2D eigenvalue weighted by Gasteiger charge is -2.13. The van der Waals surface area contributed by atoms with E-state index in [-0.39, 0.29) is 13.0 Å². The molecule has 3 atom stereocenters. The number of carbonyl (C=O) groups excluding carboxylic acids is 1. The number of aliphatic hydroxyl groups excluding tert-OH is 1. The molecule has 1 heterocycles. The van der Waals surface area contributed by atoms with Crippen molar-refractivity contribution >= 4 is 5.97 Å². The van der Waals surface area contributed by atoms with Crippen LogP contribution < -0.4 is 0 Å². The minimum atomic E-state index is -1.79. The van der Waals surface area contributed by atoms with Gasteiger partial charge in [-0.15, -0.1) is 0 Å². The Kier molecular flexibility index (Phi) is 3.63. The Morgan fingerprint density at radius 1 is 1.56 bits per heavy atom. The van der Waals surface area contributed by atoms with E-state index in [4.69, 9.17) is 9.47 Å². The van der Waals surface area contributed by atoms with E-state index in [1.807, 2.05) is 0 Å². The highest BCUT2D eigenvalue weighted by Gasteiger charge is 2.45. The minimum Gasteiger partial charge on any atom is -0.459 e. The molecule has 1 aromatic carbocycles. The summed E-state index contributed by atoms with van der Waals surface area (Å²) in [5, 5.41) is 9.27. The largest absolute Gasteiger partial charge is 0.459 e. The van der Waals surface area contributed by atoms with Crippen LogP contribution in [0.5, 0.6) is 0 Å². The van der Waals surface area contributed by atoms with Crippen LogP contribution in [-0.2, 0) is 9.47 Å². The molecule has 0 bridgehead atoms. The van der Waals surface area contributed by atoms with E-state index in [1.165, 1.54) is 6.92 Å². The van der Waals surface area contributed by atoms with Gasteiger partial charge in [0.25, 0.3) is 0 Å². The Balaban J connectivity index is 1.85. The van der Waals surface area contributed by atoms with Gasteiger partial charge in [-0.25, -0.2) is 9.18 Å². The molecule has 1 fully saturated rings. The van der Waals surface area contributed by atoms with E-state index in [0.29, 0.717) is 5.56 Å². The van der Waals surface area contributed by atoms with Crippen LogP contribution in [0.3, 0.4) is 0 Å². The number of ether oxygens (including phenoxy) is 2. The van der Waals surface area contributed by atoms with Crippen molar-refractivity contribution in [3.05, 3.63) is 35.9 Å². The lowest BCUT2D eigenvalue weighted by molar-refractivity contribution is -0.143. The van der Waals surface area contributed by atoms with Crippen LogP contribution in [0.4, 0.5) is 4.39 Å². The lowest BCUT2D eigenvalue weighted by Crippen LogP contribution is -2.28. The molecule has 1 saturated heterocycles. The van der Waals surface area contributed by atoms with Crippen LogP contribution in [0.1, 0.15) is 23.7 Å². The molecular formula is C13H15FO4. The van der Waals surface area contributed by atoms with Gasteiger partial charge < -0.3 is 14.6 Å². The summed E-state index contributed by atoms with van der Waals surface area (Å²) in [5.41, 5.74) is -1.36. The molecule has 0 saturated carbocycles. The van der Waals surface area contributed by atoms with Crippen molar-refractivity contribution in [2.45, 2.75) is 31.4 Å². The van der Waals surface area contributed by atoms with Crippen molar-refractivity contribution in [1.82, 2.24) is 0 Å². The Morgan fingerprint density at radius 2 is 2.22 bits per heavy atom. The van der Waals surface area contributed by atoms with Gasteiger partial charge in [-0.3, -0.25) is 0 Å². The minimum absolute atomic E-state index is 0.0102. The third-order valence-electron chi connectivity index (χ3n) is 2.87. The van der Waals surface area contributed by atoms with E-state index in [1.54, 1.807) is 30.3 Å². The average Bonchev–Trinajstić information content (AvgIpc) is 2.61. The van der Waals surface area contributed by atoms with Crippen molar-refractivity contribution in [1.29, 1.82) is 0 Å². The molecule has 98 valence electrons. The van der Waals surface area contributed by atoms with Crippen molar-refractivity contribution in [2.75, 3.05) is 6.61 Å². The first kappa shape index (κ1) is 13.0. The second kappa shape index (κ2) is 5.04.